The third kappa shape index (κ3) is 4.10. The highest BCUT2D eigenvalue weighted by molar-refractivity contribution is 7.93. The predicted octanol–water partition coefficient (Wildman–Crippen LogP) is 2.38. The average Bonchev–Trinajstić information content (AvgIpc) is 2.55. The largest absolute Gasteiger partial charge is 0.463 e. The second kappa shape index (κ2) is 7.43. The number of ether oxygens (including phenoxy) is 1. The van der Waals surface area contributed by atoms with Crippen LogP contribution in [0, 0.1) is 10.1 Å². The first-order chi connectivity index (χ1) is 11.3. The highest BCUT2D eigenvalue weighted by Gasteiger charge is 2.35. The smallest absolute Gasteiger partial charge is 0.335 e. The molecule has 1 aliphatic carbocycles. The van der Waals surface area contributed by atoms with Crippen molar-refractivity contribution in [1.82, 2.24) is 0 Å². The predicted molar refractivity (Wildman–Crippen MR) is 88.0 cm³/mol. The number of nitro groups is 1. The normalized spacial score (nSPS) is 17.7. The van der Waals surface area contributed by atoms with E-state index in [1.165, 1.54) is 24.3 Å². The highest BCUT2D eigenvalue weighted by Crippen LogP contribution is 2.27. The average molecular weight is 354 g/mol. The van der Waals surface area contributed by atoms with Gasteiger partial charge >= 0.3 is 5.97 Å². The van der Waals surface area contributed by atoms with E-state index >= 15 is 0 Å². The van der Waals surface area contributed by atoms with E-state index in [0.717, 1.165) is 0 Å². The van der Waals surface area contributed by atoms with Gasteiger partial charge in [0.15, 0.2) is 0 Å². The van der Waals surface area contributed by atoms with Crippen molar-refractivity contribution in [2.75, 3.05) is 11.3 Å². The third-order valence-corrected chi connectivity index (χ3v) is 5.36. The number of hydrogen-bond donors (Lipinski definition) is 1. The maximum Gasteiger partial charge on any atom is 0.335 e. The fraction of sp³-hybridized carbons (Fsp3) is 0.400. The molecule has 0 saturated carbocycles. The van der Waals surface area contributed by atoms with Crippen LogP contribution in [0.5, 0.6) is 0 Å². The van der Waals surface area contributed by atoms with Gasteiger partial charge in [-0.1, -0.05) is 6.08 Å². The summed E-state index contributed by atoms with van der Waals surface area (Å²) < 4.78 is 32.5. The molecule has 1 unspecified atom stereocenters. The Morgan fingerprint density at radius 2 is 2.04 bits per heavy atom. The first-order valence-corrected chi connectivity index (χ1v) is 9.03. The number of carbonyl (C=O) groups excluding carboxylic acids is 1. The van der Waals surface area contributed by atoms with Crippen LogP contribution < -0.4 is 4.72 Å². The van der Waals surface area contributed by atoms with Crippen LogP contribution in [0.15, 0.2) is 35.9 Å². The number of hydrogen-bond acceptors (Lipinski definition) is 6. The zero-order chi connectivity index (χ0) is 17.7. The second-order valence-corrected chi connectivity index (χ2v) is 7.11. The number of nitrogens with one attached hydrogen (secondary N) is 1. The Hall–Kier alpha value is -2.42. The number of nitrogens with zero attached hydrogens (tertiary/aromatic N) is 1. The molecule has 0 fully saturated rings. The minimum Gasteiger partial charge on any atom is -0.463 e. The van der Waals surface area contributed by atoms with E-state index < -0.39 is 26.2 Å². The summed E-state index contributed by atoms with van der Waals surface area (Å²) in [6, 6.07) is 5.04. The van der Waals surface area contributed by atoms with Crippen LogP contribution in [0.2, 0.25) is 0 Å². The first kappa shape index (κ1) is 17.9. The molecule has 0 amide bonds. The van der Waals surface area contributed by atoms with E-state index in [-0.39, 0.29) is 23.6 Å². The quantitative estimate of drug-likeness (QED) is 0.476. The molecule has 0 heterocycles. The summed E-state index contributed by atoms with van der Waals surface area (Å²) in [5.74, 6) is -0.628. The van der Waals surface area contributed by atoms with Crippen molar-refractivity contribution < 1.29 is 22.9 Å². The maximum atomic E-state index is 12.6. The van der Waals surface area contributed by atoms with Crippen LogP contribution in [0.25, 0.3) is 0 Å². The molecular weight excluding hydrogens is 336 g/mol. The molecule has 1 N–H and O–H groups in total. The van der Waals surface area contributed by atoms with Gasteiger partial charge in [-0.3, -0.25) is 14.8 Å². The monoisotopic (exact) mass is 354 g/mol. The highest BCUT2D eigenvalue weighted by atomic mass is 32.2. The number of carbonyl (C=O) groups is 1. The Morgan fingerprint density at radius 1 is 1.38 bits per heavy atom. The van der Waals surface area contributed by atoms with Gasteiger partial charge in [-0.2, -0.15) is 0 Å². The van der Waals surface area contributed by atoms with E-state index in [0.29, 0.717) is 19.3 Å². The molecule has 0 spiro atoms. The summed E-state index contributed by atoms with van der Waals surface area (Å²) >= 11 is 0. The van der Waals surface area contributed by atoms with E-state index in [1.807, 2.05) is 0 Å². The van der Waals surface area contributed by atoms with Crippen LogP contribution in [0.3, 0.4) is 0 Å². The lowest BCUT2D eigenvalue weighted by Gasteiger charge is -2.23. The zero-order valence-electron chi connectivity index (χ0n) is 13.1. The summed E-state index contributed by atoms with van der Waals surface area (Å²) in [5.41, 5.74) is 0.203. The van der Waals surface area contributed by atoms with Gasteiger partial charge in [0.05, 0.1) is 17.1 Å². The van der Waals surface area contributed by atoms with E-state index in [2.05, 4.69) is 4.72 Å². The van der Waals surface area contributed by atoms with Crippen LogP contribution in [-0.2, 0) is 19.6 Å². The molecule has 8 nitrogen and oxygen atoms in total. The maximum absolute atomic E-state index is 12.6. The molecule has 1 aromatic carbocycles. The van der Waals surface area contributed by atoms with Crippen LogP contribution >= 0.6 is 0 Å². The van der Waals surface area contributed by atoms with Gasteiger partial charge in [0.1, 0.15) is 5.25 Å². The molecule has 1 aliphatic rings. The number of anilines is 1. The van der Waals surface area contributed by atoms with E-state index in [9.17, 15) is 23.3 Å². The molecule has 0 bridgehead atoms. The Morgan fingerprint density at radius 3 is 2.62 bits per heavy atom. The van der Waals surface area contributed by atoms with Crippen LogP contribution in [0.1, 0.15) is 26.2 Å². The number of allylic oxidation sites excluding steroid dienone is 1. The van der Waals surface area contributed by atoms with Crippen LogP contribution in [-0.4, -0.2) is 31.2 Å². The summed E-state index contributed by atoms with van der Waals surface area (Å²) in [4.78, 5) is 22.0. The minimum atomic E-state index is -3.87. The SMILES string of the molecule is CCOC(=O)C1=CCCCC1S(=O)(=O)Nc1ccc([N+](=O)[O-])cc1. The fourth-order valence-electron chi connectivity index (χ4n) is 2.49. The van der Waals surface area contributed by atoms with Gasteiger partial charge in [0.25, 0.3) is 5.69 Å². The zero-order valence-corrected chi connectivity index (χ0v) is 13.9. The standard InChI is InChI=1S/C15H18N2O6S/c1-2-23-15(18)13-5-3-4-6-14(13)24(21,22)16-11-7-9-12(10-8-11)17(19)20/h5,7-10,14,16H,2-4,6H2,1H3. The van der Waals surface area contributed by atoms with Crippen molar-refractivity contribution >= 4 is 27.4 Å². The van der Waals surface area contributed by atoms with Gasteiger partial charge in [-0.15, -0.1) is 0 Å². The molecule has 2 rings (SSSR count). The molecule has 9 heteroatoms. The van der Waals surface area contributed by atoms with Gasteiger partial charge in [0, 0.05) is 17.8 Å². The second-order valence-electron chi connectivity index (χ2n) is 5.25. The lowest BCUT2D eigenvalue weighted by atomic mass is 9.99. The number of sulfonamides is 1. The lowest BCUT2D eigenvalue weighted by molar-refractivity contribution is -0.384. The summed E-state index contributed by atoms with van der Waals surface area (Å²) in [6.07, 6.45) is 3.18. The lowest BCUT2D eigenvalue weighted by Crippen LogP contribution is -2.34. The molecule has 0 saturated heterocycles. The summed E-state index contributed by atoms with van der Waals surface area (Å²) in [7, 11) is -3.87. The molecule has 1 atom stereocenters. The molecule has 1 aromatic rings. The Kier molecular flexibility index (Phi) is 5.55. The van der Waals surface area contributed by atoms with Gasteiger partial charge in [0.2, 0.25) is 10.0 Å². The fourth-order valence-corrected chi connectivity index (χ4v) is 4.10. The van der Waals surface area contributed by atoms with Crippen molar-refractivity contribution in [1.29, 1.82) is 0 Å². The van der Waals surface area contributed by atoms with Crippen molar-refractivity contribution in [3.8, 4) is 0 Å². The number of benzene rings is 1. The van der Waals surface area contributed by atoms with Gasteiger partial charge in [-0.25, -0.2) is 13.2 Å². The molecular formula is C15H18N2O6S. The first-order valence-electron chi connectivity index (χ1n) is 7.48. The molecule has 0 aliphatic heterocycles. The minimum absolute atomic E-state index is 0.136. The summed E-state index contributed by atoms with van der Waals surface area (Å²) in [6.45, 7) is 1.82. The molecule has 130 valence electrons. The molecule has 0 aromatic heterocycles. The Balaban J connectivity index is 2.21. The Labute approximate surface area is 139 Å². The van der Waals surface area contributed by atoms with E-state index in [4.69, 9.17) is 4.74 Å². The van der Waals surface area contributed by atoms with Gasteiger partial charge < -0.3 is 4.74 Å². The number of nitro benzene ring substituents is 1. The third-order valence-electron chi connectivity index (χ3n) is 3.61. The topological polar surface area (TPSA) is 116 Å². The van der Waals surface area contributed by atoms with Crippen molar-refractivity contribution in [2.24, 2.45) is 0 Å². The molecule has 24 heavy (non-hydrogen) atoms. The number of rotatable bonds is 6. The van der Waals surface area contributed by atoms with Crippen molar-refractivity contribution in [3.05, 3.63) is 46.0 Å². The molecule has 0 radical (unpaired) electrons. The van der Waals surface area contributed by atoms with Crippen molar-refractivity contribution in [2.45, 2.75) is 31.4 Å². The van der Waals surface area contributed by atoms with E-state index in [1.54, 1.807) is 13.0 Å². The summed E-state index contributed by atoms with van der Waals surface area (Å²) in [5, 5.41) is 9.63. The number of esters is 1. The number of non-ortho nitro benzene ring substituents is 1. The van der Waals surface area contributed by atoms with Gasteiger partial charge in [-0.05, 0) is 38.3 Å². The Bertz CT molecular complexity index is 755. The van der Waals surface area contributed by atoms with Crippen LogP contribution in [0.4, 0.5) is 11.4 Å². The van der Waals surface area contributed by atoms with Crippen molar-refractivity contribution in [3.63, 3.8) is 0 Å².